The second-order valence-electron chi connectivity index (χ2n) is 5.40. The van der Waals surface area contributed by atoms with Crippen LogP contribution in [-0.2, 0) is 0 Å². The summed E-state index contributed by atoms with van der Waals surface area (Å²) in [4.78, 5) is 12.5. The maximum Gasteiger partial charge on any atom is 0.223 e. The first kappa shape index (κ1) is 18.1. The lowest BCUT2D eigenvalue weighted by Gasteiger charge is -2.15. The van der Waals surface area contributed by atoms with Gasteiger partial charge in [0.1, 0.15) is 11.6 Å². The minimum Gasteiger partial charge on any atom is -0.493 e. The van der Waals surface area contributed by atoms with Gasteiger partial charge in [0.25, 0.3) is 0 Å². The lowest BCUT2D eigenvalue weighted by atomic mass is 10.2. The molecule has 0 aliphatic heterocycles. The topological polar surface area (TPSA) is 116 Å². The smallest absolute Gasteiger partial charge is 0.223 e. The van der Waals surface area contributed by atoms with E-state index in [9.17, 15) is 0 Å². The van der Waals surface area contributed by atoms with Crippen LogP contribution in [0.3, 0.4) is 0 Å². The molecule has 4 N–H and O–H groups in total. The molecule has 0 saturated carbocycles. The number of hydrogen-bond acceptors (Lipinski definition) is 9. The molecule has 0 atom stereocenters. The van der Waals surface area contributed by atoms with Gasteiger partial charge in [0, 0.05) is 30.1 Å². The first-order valence-corrected chi connectivity index (χ1v) is 8.01. The lowest BCUT2D eigenvalue weighted by Crippen LogP contribution is -2.04. The Balaban J connectivity index is 1.89. The molecule has 0 spiro atoms. The van der Waals surface area contributed by atoms with E-state index in [-0.39, 0.29) is 5.95 Å². The van der Waals surface area contributed by atoms with Gasteiger partial charge in [-0.15, -0.1) is 0 Å². The summed E-state index contributed by atoms with van der Waals surface area (Å²) in [7, 11) is 4.66. The van der Waals surface area contributed by atoms with Crippen molar-refractivity contribution in [1.82, 2.24) is 15.0 Å². The standard InChI is InChI=1S/C18H20N6O3/c1-25-13-7-12(8-14(26-2)17(13)27-3)22-16-9-15(23-18(19)24-16)21-11-5-4-6-20-10-11/h4-10H,1-3H3,(H4,19,21,22,23,24). The number of nitrogens with two attached hydrogens (primary N) is 1. The van der Waals surface area contributed by atoms with Crippen molar-refractivity contribution in [3.8, 4) is 17.2 Å². The molecule has 27 heavy (non-hydrogen) atoms. The number of nitrogen functional groups attached to an aromatic ring is 1. The molecule has 0 saturated heterocycles. The molecule has 0 unspecified atom stereocenters. The van der Waals surface area contributed by atoms with Gasteiger partial charge >= 0.3 is 0 Å². The highest BCUT2D eigenvalue weighted by atomic mass is 16.5. The summed E-state index contributed by atoms with van der Waals surface area (Å²) in [6.45, 7) is 0. The van der Waals surface area contributed by atoms with E-state index < -0.39 is 0 Å². The van der Waals surface area contributed by atoms with Gasteiger partial charge in [0.05, 0.1) is 33.2 Å². The monoisotopic (exact) mass is 368 g/mol. The van der Waals surface area contributed by atoms with Crippen molar-refractivity contribution < 1.29 is 14.2 Å². The summed E-state index contributed by atoms with van der Waals surface area (Å²) >= 11 is 0. The number of rotatable bonds is 7. The van der Waals surface area contributed by atoms with Crippen molar-refractivity contribution in [3.05, 3.63) is 42.7 Å². The van der Waals surface area contributed by atoms with Gasteiger partial charge in [-0.2, -0.15) is 9.97 Å². The maximum atomic E-state index is 5.84. The Hall–Kier alpha value is -3.75. The Bertz CT molecular complexity index is 895. The first-order valence-electron chi connectivity index (χ1n) is 8.01. The Morgan fingerprint density at radius 3 is 2.00 bits per heavy atom. The van der Waals surface area contributed by atoms with E-state index >= 15 is 0 Å². The van der Waals surface area contributed by atoms with E-state index in [1.807, 2.05) is 12.1 Å². The molecular formula is C18H20N6O3. The average Bonchev–Trinajstić information content (AvgIpc) is 2.67. The summed E-state index contributed by atoms with van der Waals surface area (Å²) in [5, 5.41) is 6.30. The zero-order valence-electron chi connectivity index (χ0n) is 15.2. The SMILES string of the molecule is COc1cc(Nc2cc(Nc3cccnc3)nc(N)n2)cc(OC)c1OC. The van der Waals surface area contributed by atoms with Crippen LogP contribution in [-0.4, -0.2) is 36.3 Å². The molecule has 0 aliphatic carbocycles. The zero-order chi connectivity index (χ0) is 19.2. The van der Waals surface area contributed by atoms with Crippen molar-refractivity contribution in [2.24, 2.45) is 0 Å². The van der Waals surface area contributed by atoms with E-state index in [4.69, 9.17) is 19.9 Å². The quantitative estimate of drug-likeness (QED) is 0.578. The van der Waals surface area contributed by atoms with Crippen LogP contribution in [0.4, 0.5) is 29.0 Å². The van der Waals surface area contributed by atoms with Crippen LogP contribution >= 0.6 is 0 Å². The van der Waals surface area contributed by atoms with E-state index in [0.717, 1.165) is 5.69 Å². The van der Waals surface area contributed by atoms with E-state index in [1.54, 1.807) is 51.9 Å². The van der Waals surface area contributed by atoms with Crippen molar-refractivity contribution in [3.63, 3.8) is 0 Å². The predicted octanol–water partition coefficient (Wildman–Crippen LogP) is 2.97. The molecule has 9 heteroatoms. The number of aromatic nitrogens is 3. The summed E-state index contributed by atoms with van der Waals surface area (Å²) in [5.74, 6) is 2.71. The predicted molar refractivity (Wildman–Crippen MR) is 103 cm³/mol. The van der Waals surface area contributed by atoms with E-state index in [1.165, 1.54) is 0 Å². The third-order valence-corrected chi connectivity index (χ3v) is 3.61. The van der Waals surface area contributed by atoms with Crippen LogP contribution in [0.15, 0.2) is 42.7 Å². The number of benzene rings is 1. The summed E-state index contributed by atoms with van der Waals surface area (Å²) < 4.78 is 16.1. The van der Waals surface area contributed by atoms with Crippen LogP contribution in [0.5, 0.6) is 17.2 Å². The highest BCUT2D eigenvalue weighted by molar-refractivity contribution is 5.69. The number of ether oxygens (including phenoxy) is 3. The molecule has 9 nitrogen and oxygen atoms in total. The van der Waals surface area contributed by atoms with Crippen LogP contribution in [0.2, 0.25) is 0 Å². The van der Waals surface area contributed by atoms with Gasteiger partial charge in [-0.25, -0.2) is 0 Å². The van der Waals surface area contributed by atoms with Gasteiger partial charge in [0.15, 0.2) is 11.5 Å². The summed E-state index contributed by atoms with van der Waals surface area (Å²) in [5.41, 5.74) is 7.31. The Labute approximate surface area is 156 Å². The highest BCUT2D eigenvalue weighted by Gasteiger charge is 2.14. The molecule has 0 fully saturated rings. The molecule has 0 aliphatic rings. The van der Waals surface area contributed by atoms with Gasteiger partial charge in [-0.05, 0) is 12.1 Å². The normalized spacial score (nSPS) is 10.2. The largest absolute Gasteiger partial charge is 0.493 e. The van der Waals surface area contributed by atoms with Crippen LogP contribution in [0.25, 0.3) is 0 Å². The molecule has 0 bridgehead atoms. The zero-order valence-corrected chi connectivity index (χ0v) is 15.2. The summed E-state index contributed by atoms with van der Waals surface area (Å²) in [6, 6.07) is 8.97. The van der Waals surface area contributed by atoms with Gasteiger partial charge in [-0.3, -0.25) is 4.98 Å². The van der Waals surface area contributed by atoms with Crippen LogP contribution in [0, 0.1) is 0 Å². The Morgan fingerprint density at radius 1 is 0.852 bits per heavy atom. The molecule has 1 aromatic carbocycles. The van der Waals surface area contributed by atoms with E-state index in [0.29, 0.717) is 34.6 Å². The van der Waals surface area contributed by atoms with Crippen molar-refractivity contribution in [1.29, 1.82) is 0 Å². The minimum atomic E-state index is 0.124. The van der Waals surface area contributed by atoms with Gasteiger partial charge in [0.2, 0.25) is 11.7 Å². The molecule has 2 heterocycles. The van der Waals surface area contributed by atoms with Gasteiger partial charge < -0.3 is 30.6 Å². The lowest BCUT2D eigenvalue weighted by molar-refractivity contribution is 0.324. The fraction of sp³-hybridized carbons (Fsp3) is 0.167. The molecule has 0 radical (unpaired) electrons. The number of pyridine rings is 1. The van der Waals surface area contributed by atoms with E-state index in [2.05, 4.69) is 25.6 Å². The fourth-order valence-corrected chi connectivity index (χ4v) is 2.48. The minimum absolute atomic E-state index is 0.124. The molecule has 3 rings (SSSR count). The molecule has 0 amide bonds. The van der Waals surface area contributed by atoms with Crippen molar-refractivity contribution in [2.75, 3.05) is 37.7 Å². The molecule has 3 aromatic rings. The second kappa shape index (κ2) is 8.09. The Kier molecular flexibility index (Phi) is 5.41. The number of hydrogen-bond donors (Lipinski definition) is 3. The second-order valence-corrected chi connectivity index (χ2v) is 5.40. The highest BCUT2D eigenvalue weighted by Crippen LogP contribution is 2.40. The van der Waals surface area contributed by atoms with Gasteiger partial charge in [-0.1, -0.05) is 0 Å². The molecular weight excluding hydrogens is 348 g/mol. The Morgan fingerprint density at radius 2 is 1.48 bits per heavy atom. The average molecular weight is 368 g/mol. The fourth-order valence-electron chi connectivity index (χ4n) is 2.48. The van der Waals surface area contributed by atoms with Crippen molar-refractivity contribution >= 4 is 29.0 Å². The summed E-state index contributed by atoms with van der Waals surface area (Å²) in [6.07, 6.45) is 3.38. The molecule has 2 aromatic heterocycles. The third kappa shape index (κ3) is 4.27. The van der Waals surface area contributed by atoms with Crippen molar-refractivity contribution in [2.45, 2.75) is 0 Å². The van der Waals surface area contributed by atoms with Crippen LogP contribution in [0.1, 0.15) is 0 Å². The molecule has 140 valence electrons. The van der Waals surface area contributed by atoms with Crippen LogP contribution < -0.4 is 30.6 Å². The number of methoxy groups -OCH3 is 3. The first-order chi connectivity index (χ1) is 13.1. The number of nitrogens with one attached hydrogen (secondary N) is 2. The third-order valence-electron chi connectivity index (χ3n) is 3.61. The number of anilines is 5. The number of nitrogens with zero attached hydrogens (tertiary/aromatic N) is 3. The maximum absolute atomic E-state index is 5.84.